The second-order valence-corrected chi connectivity index (χ2v) is 5.79. The standard InChI is InChI=1S/C15H29NO2/c1-5-13(3)16(8-9-18-4)11-14-10-12(2)6-7-15(14)17/h12-14H,5-11H2,1-4H3. The molecule has 1 aliphatic carbocycles. The molecule has 1 aliphatic rings. The Morgan fingerprint density at radius 3 is 2.83 bits per heavy atom. The van der Waals surface area contributed by atoms with Crippen LogP contribution in [0, 0.1) is 11.8 Å². The average molecular weight is 255 g/mol. The smallest absolute Gasteiger partial charge is 0.137 e. The van der Waals surface area contributed by atoms with Gasteiger partial charge in [0.15, 0.2) is 0 Å². The average Bonchev–Trinajstić information content (AvgIpc) is 2.37. The lowest BCUT2D eigenvalue weighted by Crippen LogP contribution is -2.42. The van der Waals surface area contributed by atoms with E-state index in [1.54, 1.807) is 7.11 Å². The van der Waals surface area contributed by atoms with Gasteiger partial charge in [-0.1, -0.05) is 13.8 Å². The Kier molecular flexibility index (Phi) is 6.87. The first-order valence-electron chi connectivity index (χ1n) is 7.34. The lowest BCUT2D eigenvalue weighted by atomic mass is 9.81. The van der Waals surface area contributed by atoms with Gasteiger partial charge in [0.25, 0.3) is 0 Å². The molecule has 0 amide bonds. The molecule has 0 spiro atoms. The number of carbonyl (C=O) groups excluding carboxylic acids is 1. The third-order valence-corrected chi connectivity index (χ3v) is 4.28. The van der Waals surface area contributed by atoms with E-state index in [2.05, 4.69) is 25.7 Å². The van der Waals surface area contributed by atoms with E-state index in [-0.39, 0.29) is 5.92 Å². The van der Waals surface area contributed by atoms with E-state index in [1.165, 1.54) is 0 Å². The van der Waals surface area contributed by atoms with E-state index in [9.17, 15) is 4.79 Å². The van der Waals surface area contributed by atoms with Gasteiger partial charge in [0.2, 0.25) is 0 Å². The second kappa shape index (κ2) is 7.90. The predicted octanol–water partition coefficient (Wildman–Crippen LogP) is 2.74. The molecule has 3 atom stereocenters. The Hall–Kier alpha value is -0.410. The Balaban J connectivity index is 2.54. The van der Waals surface area contributed by atoms with Crippen molar-refractivity contribution in [2.24, 2.45) is 11.8 Å². The maximum absolute atomic E-state index is 12.0. The predicted molar refractivity (Wildman–Crippen MR) is 74.7 cm³/mol. The fraction of sp³-hybridized carbons (Fsp3) is 0.933. The van der Waals surface area contributed by atoms with Gasteiger partial charge in [-0.2, -0.15) is 0 Å². The molecule has 3 unspecified atom stereocenters. The number of hydrogen-bond acceptors (Lipinski definition) is 3. The minimum Gasteiger partial charge on any atom is -0.383 e. The quantitative estimate of drug-likeness (QED) is 0.700. The van der Waals surface area contributed by atoms with Gasteiger partial charge in [0.05, 0.1) is 6.61 Å². The number of ketones is 1. The van der Waals surface area contributed by atoms with E-state index in [4.69, 9.17) is 4.74 Å². The highest BCUT2D eigenvalue weighted by Gasteiger charge is 2.28. The number of rotatable bonds is 7. The molecule has 0 aliphatic heterocycles. The summed E-state index contributed by atoms with van der Waals surface area (Å²) in [4.78, 5) is 14.4. The summed E-state index contributed by atoms with van der Waals surface area (Å²) >= 11 is 0. The Morgan fingerprint density at radius 1 is 1.50 bits per heavy atom. The summed E-state index contributed by atoms with van der Waals surface area (Å²) in [5, 5.41) is 0. The van der Waals surface area contributed by atoms with Gasteiger partial charge in [0.1, 0.15) is 5.78 Å². The number of Topliss-reactive ketones (excluding diaryl/α,β-unsaturated/α-hetero) is 1. The topological polar surface area (TPSA) is 29.5 Å². The first-order valence-corrected chi connectivity index (χ1v) is 7.34. The van der Waals surface area contributed by atoms with Crippen molar-refractivity contribution in [3.63, 3.8) is 0 Å². The van der Waals surface area contributed by atoms with Crippen molar-refractivity contribution >= 4 is 5.78 Å². The summed E-state index contributed by atoms with van der Waals surface area (Å²) in [6.45, 7) is 9.32. The first kappa shape index (κ1) is 15.6. The van der Waals surface area contributed by atoms with E-state index in [1.807, 2.05) is 0 Å². The minimum absolute atomic E-state index is 0.250. The first-order chi connectivity index (χ1) is 8.58. The molecule has 1 rings (SSSR count). The van der Waals surface area contributed by atoms with Crippen LogP contribution in [0.5, 0.6) is 0 Å². The summed E-state index contributed by atoms with van der Waals surface area (Å²) in [5.41, 5.74) is 0. The van der Waals surface area contributed by atoms with Gasteiger partial charge < -0.3 is 4.74 Å². The van der Waals surface area contributed by atoms with Gasteiger partial charge in [-0.05, 0) is 32.1 Å². The molecule has 3 nitrogen and oxygen atoms in total. The number of ether oxygens (including phenoxy) is 1. The van der Waals surface area contributed by atoms with Crippen molar-refractivity contribution in [3.8, 4) is 0 Å². The van der Waals surface area contributed by atoms with Crippen LogP contribution < -0.4 is 0 Å². The molecule has 0 radical (unpaired) electrons. The molecule has 0 aromatic rings. The van der Waals surface area contributed by atoms with Crippen LogP contribution in [0.25, 0.3) is 0 Å². The Morgan fingerprint density at radius 2 is 2.22 bits per heavy atom. The highest BCUT2D eigenvalue weighted by molar-refractivity contribution is 5.81. The van der Waals surface area contributed by atoms with Crippen LogP contribution in [0.3, 0.4) is 0 Å². The minimum atomic E-state index is 0.250. The number of hydrogen-bond donors (Lipinski definition) is 0. The number of methoxy groups -OCH3 is 1. The maximum Gasteiger partial charge on any atom is 0.137 e. The normalized spacial score (nSPS) is 26.6. The second-order valence-electron chi connectivity index (χ2n) is 5.79. The molecule has 0 aromatic carbocycles. The van der Waals surface area contributed by atoms with Gasteiger partial charge in [-0.25, -0.2) is 0 Å². The van der Waals surface area contributed by atoms with Crippen LogP contribution in [0.1, 0.15) is 46.5 Å². The highest BCUT2D eigenvalue weighted by Crippen LogP contribution is 2.27. The van der Waals surface area contributed by atoms with Crippen LogP contribution >= 0.6 is 0 Å². The fourth-order valence-corrected chi connectivity index (χ4v) is 2.75. The molecule has 0 aromatic heterocycles. The largest absolute Gasteiger partial charge is 0.383 e. The molecule has 18 heavy (non-hydrogen) atoms. The SMILES string of the molecule is CCC(C)N(CCOC)CC1CC(C)CCC1=O. The Bertz CT molecular complexity index is 255. The summed E-state index contributed by atoms with van der Waals surface area (Å²) < 4.78 is 5.18. The van der Waals surface area contributed by atoms with Crippen molar-refractivity contribution in [3.05, 3.63) is 0 Å². The molecule has 0 N–H and O–H groups in total. The molecule has 1 saturated carbocycles. The van der Waals surface area contributed by atoms with Crippen molar-refractivity contribution < 1.29 is 9.53 Å². The summed E-state index contributed by atoms with van der Waals surface area (Å²) in [5.74, 6) is 1.42. The highest BCUT2D eigenvalue weighted by atomic mass is 16.5. The van der Waals surface area contributed by atoms with E-state index in [0.29, 0.717) is 17.7 Å². The van der Waals surface area contributed by atoms with E-state index < -0.39 is 0 Å². The number of carbonyl (C=O) groups is 1. The van der Waals surface area contributed by atoms with Crippen LogP contribution in [0.15, 0.2) is 0 Å². The number of nitrogens with zero attached hydrogens (tertiary/aromatic N) is 1. The van der Waals surface area contributed by atoms with E-state index >= 15 is 0 Å². The van der Waals surface area contributed by atoms with E-state index in [0.717, 1.165) is 45.4 Å². The van der Waals surface area contributed by atoms with Crippen LogP contribution in [0.2, 0.25) is 0 Å². The van der Waals surface area contributed by atoms with Crippen LogP contribution in [0.4, 0.5) is 0 Å². The van der Waals surface area contributed by atoms with Gasteiger partial charge in [-0.15, -0.1) is 0 Å². The lowest BCUT2D eigenvalue weighted by Gasteiger charge is -2.34. The molecule has 106 valence electrons. The summed E-state index contributed by atoms with van der Waals surface area (Å²) in [7, 11) is 1.74. The molecule has 0 bridgehead atoms. The zero-order chi connectivity index (χ0) is 13.5. The third-order valence-electron chi connectivity index (χ3n) is 4.28. The van der Waals surface area contributed by atoms with Crippen molar-refractivity contribution in [1.82, 2.24) is 4.90 Å². The molecule has 0 heterocycles. The Labute approximate surface area is 112 Å². The van der Waals surface area contributed by atoms with Crippen molar-refractivity contribution in [2.75, 3.05) is 26.8 Å². The summed E-state index contributed by atoms with van der Waals surface area (Å²) in [6.07, 6.45) is 4.06. The lowest BCUT2D eigenvalue weighted by molar-refractivity contribution is -0.126. The van der Waals surface area contributed by atoms with Gasteiger partial charge in [-0.3, -0.25) is 9.69 Å². The zero-order valence-electron chi connectivity index (χ0n) is 12.4. The molecule has 3 heteroatoms. The summed E-state index contributed by atoms with van der Waals surface area (Å²) in [6, 6.07) is 0.533. The monoisotopic (exact) mass is 255 g/mol. The van der Waals surface area contributed by atoms with Gasteiger partial charge >= 0.3 is 0 Å². The molecular formula is C15H29NO2. The van der Waals surface area contributed by atoms with Crippen LogP contribution in [-0.4, -0.2) is 43.5 Å². The zero-order valence-corrected chi connectivity index (χ0v) is 12.4. The third kappa shape index (κ3) is 4.69. The molecule has 1 fully saturated rings. The van der Waals surface area contributed by atoms with Crippen molar-refractivity contribution in [2.45, 2.75) is 52.5 Å². The van der Waals surface area contributed by atoms with Crippen molar-refractivity contribution in [1.29, 1.82) is 0 Å². The van der Waals surface area contributed by atoms with Gasteiger partial charge in [0, 0.05) is 38.6 Å². The maximum atomic E-state index is 12.0. The molecule has 0 saturated heterocycles. The van der Waals surface area contributed by atoms with Crippen LogP contribution in [-0.2, 0) is 9.53 Å². The molecular weight excluding hydrogens is 226 g/mol. The fourth-order valence-electron chi connectivity index (χ4n) is 2.75.